The highest BCUT2D eigenvalue weighted by Crippen LogP contribution is 2.30. The summed E-state index contributed by atoms with van der Waals surface area (Å²) >= 11 is 0. The summed E-state index contributed by atoms with van der Waals surface area (Å²) in [4.78, 5) is 19.0. The molecule has 0 aromatic heterocycles. The highest BCUT2D eigenvalue weighted by atomic mass is 28.3. The monoisotopic (exact) mass is 372 g/mol. The smallest absolute Gasteiger partial charge is 0.229 e. The highest BCUT2D eigenvalue weighted by Gasteiger charge is 2.25. The van der Waals surface area contributed by atoms with Crippen molar-refractivity contribution in [3.05, 3.63) is 29.3 Å². The molecule has 26 heavy (non-hydrogen) atoms. The fourth-order valence-electron chi connectivity index (χ4n) is 3.47. The standard InChI is InChI=1S/C21H32N2O2Si/c1-16-5-8-19(22-14-16)17-6-9-20-18(13-17)7-10-21(24)23(20)15-25-11-12-26(2,3)4/h6,9,13,16H,5,7-8,10-12,14-15H2,1-4H3. The molecule has 3 rings (SSSR count). The van der Waals surface area contributed by atoms with Gasteiger partial charge in [0.15, 0.2) is 0 Å². The molecule has 0 fully saturated rings. The van der Waals surface area contributed by atoms with Gasteiger partial charge in [0.2, 0.25) is 5.91 Å². The molecule has 0 saturated heterocycles. The topological polar surface area (TPSA) is 41.9 Å². The molecule has 2 aliphatic rings. The predicted octanol–water partition coefficient (Wildman–Crippen LogP) is 4.50. The molecule has 0 aliphatic carbocycles. The van der Waals surface area contributed by atoms with Gasteiger partial charge in [-0.3, -0.25) is 14.7 Å². The molecule has 4 nitrogen and oxygen atoms in total. The molecule has 142 valence electrons. The van der Waals surface area contributed by atoms with E-state index in [1.54, 1.807) is 0 Å². The zero-order chi connectivity index (χ0) is 18.7. The van der Waals surface area contributed by atoms with Crippen molar-refractivity contribution in [3.8, 4) is 0 Å². The molecular weight excluding hydrogens is 340 g/mol. The quantitative estimate of drug-likeness (QED) is 0.545. The maximum absolute atomic E-state index is 12.4. The molecule has 1 atom stereocenters. The number of hydrogen-bond donors (Lipinski definition) is 0. The first-order valence-corrected chi connectivity index (χ1v) is 13.6. The Kier molecular flexibility index (Phi) is 5.98. The van der Waals surface area contributed by atoms with E-state index in [-0.39, 0.29) is 5.91 Å². The molecule has 0 bridgehead atoms. The van der Waals surface area contributed by atoms with Crippen LogP contribution in [0.15, 0.2) is 23.2 Å². The van der Waals surface area contributed by atoms with Crippen molar-refractivity contribution in [1.82, 2.24) is 0 Å². The van der Waals surface area contributed by atoms with E-state index in [0.29, 0.717) is 19.1 Å². The van der Waals surface area contributed by atoms with Gasteiger partial charge >= 0.3 is 0 Å². The van der Waals surface area contributed by atoms with Crippen molar-refractivity contribution in [2.24, 2.45) is 10.9 Å². The number of hydrogen-bond acceptors (Lipinski definition) is 3. The number of ether oxygens (including phenoxy) is 1. The summed E-state index contributed by atoms with van der Waals surface area (Å²) in [5.74, 6) is 0.861. The summed E-state index contributed by atoms with van der Waals surface area (Å²) in [6, 6.07) is 7.58. The van der Waals surface area contributed by atoms with Crippen LogP contribution in [-0.4, -0.2) is 39.6 Å². The number of aryl methyl sites for hydroxylation is 1. The van der Waals surface area contributed by atoms with Crippen molar-refractivity contribution in [3.63, 3.8) is 0 Å². The Bertz CT molecular complexity index is 694. The number of anilines is 1. The van der Waals surface area contributed by atoms with Crippen LogP contribution in [0.2, 0.25) is 25.7 Å². The summed E-state index contributed by atoms with van der Waals surface area (Å²) in [6.07, 6.45) is 3.66. The molecule has 2 aliphatic heterocycles. The van der Waals surface area contributed by atoms with Crippen molar-refractivity contribution in [2.45, 2.75) is 58.3 Å². The van der Waals surface area contributed by atoms with Gasteiger partial charge in [0.05, 0.1) is 0 Å². The van der Waals surface area contributed by atoms with Crippen LogP contribution in [0, 0.1) is 5.92 Å². The van der Waals surface area contributed by atoms with Gasteiger partial charge in [-0.25, -0.2) is 0 Å². The SMILES string of the molecule is CC1CCC(c2ccc3c(c2)CCC(=O)N3COCC[Si](C)(C)C)=NC1. The first-order chi connectivity index (χ1) is 12.3. The van der Waals surface area contributed by atoms with E-state index in [1.807, 2.05) is 4.90 Å². The number of benzene rings is 1. The van der Waals surface area contributed by atoms with Gasteiger partial charge < -0.3 is 4.74 Å². The van der Waals surface area contributed by atoms with E-state index >= 15 is 0 Å². The van der Waals surface area contributed by atoms with Crippen molar-refractivity contribution < 1.29 is 9.53 Å². The maximum Gasteiger partial charge on any atom is 0.229 e. The fraction of sp³-hybridized carbons (Fsp3) is 0.619. The first-order valence-electron chi connectivity index (χ1n) is 9.88. The molecule has 5 heteroatoms. The molecular formula is C21H32N2O2Si. The van der Waals surface area contributed by atoms with Gasteiger partial charge in [0, 0.05) is 39.0 Å². The number of rotatable bonds is 6. The Hall–Kier alpha value is -1.46. The molecule has 0 N–H and O–H groups in total. The summed E-state index contributed by atoms with van der Waals surface area (Å²) < 4.78 is 5.85. The zero-order valence-corrected chi connectivity index (χ0v) is 17.7. The lowest BCUT2D eigenvalue weighted by molar-refractivity contribution is -0.120. The molecule has 1 aromatic carbocycles. The summed E-state index contributed by atoms with van der Waals surface area (Å²) in [5, 5.41) is 0. The van der Waals surface area contributed by atoms with Gasteiger partial charge in [-0.05, 0) is 54.5 Å². The van der Waals surface area contributed by atoms with Crippen LogP contribution in [0.25, 0.3) is 0 Å². The average molecular weight is 373 g/mol. The predicted molar refractivity (Wildman–Crippen MR) is 111 cm³/mol. The van der Waals surface area contributed by atoms with E-state index in [0.717, 1.165) is 37.7 Å². The van der Waals surface area contributed by atoms with E-state index in [1.165, 1.54) is 23.3 Å². The molecule has 0 saturated carbocycles. The molecule has 1 unspecified atom stereocenters. The van der Waals surface area contributed by atoms with Gasteiger partial charge in [0.1, 0.15) is 6.73 Å². The number of amides is 1. The Morgan fingerprint density at radius 3 is 2.73 bits per heavy atom. The summed E-state index contributed by atoms with van der Waals surface area (Å²) in [6.45, 7) is 11.3. The Balaban J connectivity index is 1.70. The largest absolute Gasteiger partial charge is 0.361 e. The third kappa shape index (κ3) is 4.83. The molecule has 0 spiro atoms. The first kappa shape index (κ1) is 19.3. The van der Waals surface area contributed by atoms with E-state index in [9.17, 15) is 4.79 Å². The van der Waals surface area contributed by atoms with Crippen LogP contribution < -0.4 is 4.90 Å². The third-order valence-electron chi connectivity index (χ3n) is 5.30. The Morgan fingerprint density at radius 2 is 2.04 bits per heavy atom. The van der Waals surface area contributed by atoms with Crippen molar-refractivity contribution in [1.29, 1.82) is 0 Å². The lowest BCUT2D eigenvalue weighted by Crippen LogP contribution is -2.37. The maximum atomic E-state index is 12.4. The van der Waals surface area contributed by atoms with E-state index < -0.39 is 8.07 Å². The second-order valence-electron chi connectivity index (χ2n) is 8.94. The minimum absolute atomic E-state index is 0.169. The number of fused-ring (bicyclic) bond motifs is 1. The van der Waals surface area contributed by atoms with Crippen LogP contribution in [-0.2, 0) is 16.0 Å². The number of aliphatic imine (C=N–C) groups is 1. The Labute approximate surface area is 158 Å². The third-order valence-corrected chi connectivity index (χ3v) is 7.00. The van der Waals surface area contributed by atoms with Gasteiger partial charge in [-0.1, -0.05) is 32.6 Å². The zero-order valence-electron chi connectivity index (χ0n) is 16.7. The number of carbonyl (C=O) groups excluding carboxylic acids is 1. The number of nitrogens with zero attached hydrogens (tertiary/aromatic N) is 2. The van der Waals surface area contributed by atoms with Crippen LogP contribution in [0.4, 0.5) is 5.69 Å². The minimum atomic E-state index is -1.11. The Morgan fingerprint density at radius 1 is 1.23 bits per heavy atom. The summed E-state index contributed by atoms with van der Waals surface area (Å²) in [5.41, 5.74) is 4.71. The second kappa shape index (κ2) is 8.05. The highest BCUT2D eigenvalue weighted by molar-refractivity contribution is 6.76. The van der Waals surface area contributed by atoms with E-state index in [4.69, 9.17) is 9.73 Å². The lowest BCUT2D eigenvalue weighted by Gasteiger charge is -2.30. The molecule has 1 aromatic rings. The van der Waals surface area contributed by atoms with Crippen LogP contribution in [0.1, 0.15) is 37.3 Å². The minimum Gasteiger partial charge on any atom is -0.361 e. The van der Waals surface area contributed by atoms with Crippen molar-refractivity contribution in [2.75, 3.05) is 24.8 Å². The molecule has 0 radical (unpaired) electrons. The van der Waals surface area contributed by atoms with Gasteiger partial charge in [-0.15, -0.1) is 0 Å². The van der Waals surface area contributed by atoms with E-state index in [2.05, 4.69) is 44.8 Å². The van der Waals surface area contributed by atoms with Gasteiger partial charge in [0.25, 0.3) is 0 Å². The molecule has 1 amide bonds. The van der Waals surface area contributed by atoms with Gasteiger partial charge in [-0.2, -0.15) is 0 Å². The normalized spacial score (nSPS) is 20.8. The summed E-state index contributed by atoms with van der Waals surface area (Å²) in [7, 11) is -1.11. The van der Waals surface area contributed by atoms with Crippen molar-refractivity contribution >= 4 is 25.4 Å². The molecule has 2 heterocycles. The lowest BCUT2D eigenvalue weighted by atomic mass is 9.92. The second-order valence-corrected chi connectivity index (χ2v) is 14.6. The van der Waals surface area contributed by atoms with Crippen LogP contribution in [0.5, 0.6) is 0 Å². The van der Waals surface area contributed by atoms with Crippen LogP contribution in [0.3, 0.4) is 0 Å². The fourth-order valence-corrected chi connectivity index (χ4v) is 4.23. The number of carbonyl (C=O) groups is 1. The average Bonchev–Trinajstić information content (AvgIpc) is 2.59. The van der Waals surface area contributed by atoms with Crippen LogP contribution >= 0.6 is 0 Å².